The van der Waals surface area contributed by atoms with E-state index in [1.54, 1.807) is 24.3 Å². The monoisotopic (exact) mass is 246 g/mol. The van der Waals surface area contributed by atoms with Crippen molar-refractivity contribution in [2.45, 2.75) is 6.42 Å². The summed E-state index contributed by atoms with van der Waals surface area (Å²) in [4.78, 5) is 11.3. The van der Waals surface area contributed by atoms with E-state index in [0.717, 1.165) is 0 Å². The topological polar surface area (TPSA) is 17.1 Å². The third kappa shape index (κ3) is 2.61. The highest BCUT2D eigenvalue weighted by atomic mass is 79.9. The Hall–Kier alpha value is -0.340. The van der Waals surface area contributed by atoms with Crippen LogP contribution in [0, 0.1) is 0 Å². The Labute approximate surface area is 84.9 Å². The largest absolute Gasteiger partial charge is 0.294 e. The third-order valence-corrected chi connectivity index (χ3v) is 2.10. The van der Waals surface area contributed by atoms with Crippen LogP contribution in [-0.2, 0) is 0 Å². The van der Waals surface area contributed by atoms with Gasteiger partial charge in [-0.2, -0.15) is 0 Å². The van der Waals surface area contributed by atoms with Crippen LogP contribution < -0.4 is 0 Å². The molecule has 0 amide bonds. The molecule has 0 saturated carbocycles. The van der Waals surface area contributed by atoms with Crippen molar-refractivity contribution >= 4 is 33.3 Å². The molecule has 0 aliphatic carbocycles. The molecule has 1 aromatic rings. The zero-order valence-electron chi connectivity index (χ0n) is 6.39. The summed E-state index contributed by atoms with van der Waals surface area (Å²) in [5.74, 6) is 0.120. The van der Waals surface area contributed by atoms with Crippen molar-refractivity contribution in [3.63, 3.8) is 0 Å². The maximum atomic E-state index is 11.3. The van der Waals surface area contributed by atoms with Crippen LogP contribution in [0.25, 0.3) is 0 Å². The van der Waals surface area contributed by atoms with Crippen molar-refractivity contribution in [3.8, 4) is 0 Å². The molecular weight excluding hydrogens is 239 g/mol. The van der Waals surface area contributed by atoms with Crippen LogP contribution in [0.3, 0.4) is 0 Å². The Balaban J connectivity index is 2.81. The highest BCUT2D eigenvalue weighted by molar-refractivity contribution is 9.09. The van der Waals surface area contributed by atoms with Gasteiger partial charge in [0.15, 0.2) is 5.78 Å². The normalized spacial score (nSPS) is 9.83. The first kappa shape index (κ1) is 9.75. The number of carbonyl (C=O) groups is 1. The number of benzene rings is 1. The van der Waals surface area contributed by atoms with E-state index in [9.17, 15) is 4.79 Å². The van der Waals surface area contributed by atoms with Crippen LogP contribution in [-0.4, -0.2) is 11.1 Å². The smallest absolute Gasteiger partial charge is 0.163 e. The van der Waals surface area contributed by atoms with E-state index in [4.69, 9.17) is 11.6 Å². The molecule has 0 aromatic heterocycles. The van der Waals surface area contributed by atoms with E-state index >= 15 is 0 Å². The summed E-state index contributed by atoms with van der Waals surface area (Å²) < 4.78 is 0. The number of rotatable bonds is 3. The SMILES string of the molecule is O=C(CCBr)c1cccc(Cl)c1. The van der Waals surface area contributed by atoms with Crippen LogP contribution in [0.5, 0.6) is 0 Å². The Morgan fingerprint density at radius 3 is 2.83 bits per heavy atom. The first-order valence-electron chi connectivity index (χ1n) is 3.59. The zero-order valence-corrected chi connectivity index (χ0v) is 8.73. The number of ketones is 1. The Morgan fingerprint density at radius 1 is 1.50 bits per heavy atom. The van der Waals surface area contributed by atoms with E-state index in [1.807, 2.05) is 0 Å². The van der Waals surface area contributed by atoms with Gasteiger partial charge in [0.1, 0.15) is 0 Å². The van der Waals surface area contributed by atoms with Gasteiger partial charge in [0.25, 0.3) is 0 Å². The molecule has 12 heavy (non-hydrogen) atoms. The summed E-state index contributed by atoms with van der Waals surface area (Å²) in [6.45, 7) is 0. The molecule has 0 unspecified atom stereocenters. The van der Waals surface area contributed by atoms with Crippen molar-refractivity contribution in [1.82, 2.24) is 0 Å². The lowest BCUT2D eigenvalue weighted by molar-refractivity contribution is 0.0990. The van der Waals surface area contributed by atoms with Crippen molar-refractivity contribution < 1.29 is 4.79 Å². The lowest BCUT2D eigenvalue weighted by Crippen LogP contribution is -1.98. The van der Waals surface area contributed by atoms with Gasteiger partial charge in [-0.1, -0.05) is 39.7 Å². The lowest BCUT2D eigenvalue weighted by atomic mass is 10.1. The predicted molar refractivity (Wildman–Crippen MR) is 54.2 cm³/mol. The molecule has 1 nitrogen and oxygen atoms in total. The number of alkyl halides is 1. The molecule has 0 N–H and O–H groups in total. The predicted octanol–water partition coefficient (Wildman–Crippen LogP) is 3.31. The summed E-state index contributed by atoms with van der Waals surface area (Å²) in [5, 5.41) is 1.30. The van der Waals surface area contributed by atoms with E-state index in [0.29, 0.717) is 22.3 Å². The highest BCUT2D eigenvalue weighted by Gasteiger charge is 2.03. The minimum Gasteiger partial charge on any atom is -0.294 e. The maximum Gasteiger partial charge on any atom is 0.163 e. The molecular formula is C9H8BrClO. The molecule has 0 saturated heterocycles. The summed E-state index contributed by atoms with van der Waals surface area (Å²) in [5.41, 5.74) is 0.682. The molecule has 64 valence electrons. The lowest BCUT2D eigenvalue weighted by Gasteiger charge is -1.97. The van der Waals surface area contributed by atoms with E-state index < -0.39 is 0 Å². The summed E-state index contributed by atoms with van der Waals surface area (Å²) >= 11 is 8.94. The van der Waals surface area contributed by atoms with E-state index in [2.05, 4.69) is 15.9 Å². The number of hydrogen-bond donors (Lipinski definition) is 0. The maximum absolute atomic E-state index is 11.3. The second-order valence-electron chi connectivity index (χ2n) is 2.37. The van der Waals surface area contributed by atoms with Gasteiger partial charge in [0.2, 0.25) is 0 Å². The fourth-order valence-corrected chi connectivity index (χ4v) is 1.44. The van der Waals surface area contributed by atoms with Crippen molar-refractivity contribution in [2.24, 2.45) is 0 Å². The first-order valence-corrected chi connectivity index (χ1v) is 5.08. The van der Waals surface area contributed by atoms with Gasteiger partial charge in [-0.15, -0.1) is 0 Å². The second-order valence-corrected chi connectivity index (χ2v) is 3.60. The van der Waals surface area contributed by atoms with E-state index in [1.165, 1.54) is 0 Å². The number of hydrogen-bond acceptors (Lipinski definition) is 1. The molecule has 0 heterocycles. The molecule has 1 aromatic carbocycles. The van der Waals surface area contributed by atoms with Crippen molar-refractivity contribution in [1.29, 1.82) is 0 Å². The number of halogens is 2. The number of carbonyl (C=O) groups excluding carboxylic acids is 1. The number of Topliss-reactive ketones (excluding diaryl/α,β-unsaturated/α-hetero) is 1. The Kier molecular flexibility index (Phi) is 3.76. The molecule has 0 atom stereocenters. The Bertz CT molecular complexity index is 286. The summed E-state index contributed by atoms with van der Waals surface area (Å²) in [6.07, 6.45) is 0.514. The molecule has 0 fully saturated rings. The third-order valence-electron chi connectivity index (χ3n) is 1.47. The van der Waals surface area contributed by atoms with Gasteiger partial charge in [0, 0.05) is 22.3 Å². The van der Waals surface area contributed by atoms with Crippen LogP contribution >= 0.6 is 27.5 Å². The molecule has 0 radical (unpaired) electrons. The average Bonchev–Trinajstić information content (AvgIpc) is 2.05. The quantitative estimate of drug-likeness (QED) is 0.592. The Morgan fingerprint density at radius 2 is 2.25 bits per heavy atom. The van der Waals surface area contributed by atoms with Crippen LogP contribution in [0.1, 0.15) is 16.8 Å². The average molecular weight is 248 g/mol. The zero-order chi connectivity index (χ0) is 8.97. The fourth-order valence-electron chi connectivity index (χ4n) is 0.892. The van der Waals surface area contributed by atoms with Gasteiger partial charge in [-0.3, -0.25) is 4.79 Å². The van der Waals surface area contributed by atoms with Gasteiger partial charge in [0.05, 0.1) is 0 Å². The van der Waals surface area contributed by atoms with E-state index in [-0.39, 0.29) is 5.78 Å². The minimum atomic E-state index is 0.120. The van der Waals surface area contributed by atoms with Crippen LogP contribution in [0.4, 0.5) is 0 Å². The van der Waals surface area contributed by atoms with Crippen molar-refractivity contribution in [3.05, 3.63) is 34.9 Å². The molecule has 1 rings (SSSR count). The van der Waals surface area contributed by atoms with Gasteiger partial charge < -0.3 is 0 Å². The molecule has 0 spiro atoms. The van der Waals surface area contributed by atoms with Crippen LogP contribution in [0.2, 0.25) is 5.02 Å². The second kappa shape index (κ2) is 4.63. The molecule has 0 aliphatic heterocycles. The fraction of sp³-hybridized carbons (Fsp3) is 0.222. The van der Waals surface area contributed by atoms with Crippen molar-refractivity contribution in [2.75, 3.05) is 5.33 Å². The highest BCUT2D eigenvalue weighted by Crippen LogP contribution is 2.12. The molecule has 0 aliphatic rings. The molecule has 0 bridgehead atoms. The van der Waals surface area contributed by atoms with Crippen LogP contribution in [0.15, 0.2) is 24.3 Å². The standard InChI is InChI=1S/C9H8BrClO/c10-5-4-9(12)7-2-1-3-8(11)6-7/h1-3,6H,4-5H2. The van der Waals surface area contributed by atoms with Gasteiger partial charge >= 0.3 is 0 Å². The first-order chi connectivity index (χ1) is 5.74. The summed E-state index contributed by atoms with van der Waals surface area (Å²) in [7, 11) is 0. The minimum absolute atomic E-state index is 0.120. The van der Waals surface area contributed by atoms with Gasteiger partial charge in [-0.25, -0.2) is 0 Å². The van der Waals surface area contributed by atoms with Gasteiger partial charge in [-0.05, 0) is 12.1 Å². The molecule has 3 heteroatoms. The summed E-state index contributed by atoms with van der Waals surface area (Å²) in [6, 6.07) is 7.00.